The highest BCUT2D eigenvalue weighted by Crippen LogP contribution is 2.19. The average Bonchev–Trinajstić information content (AvgIpc) is 2.28. The fourth-order valence-electron chi connectivity index (χ4n) is 1.14. The predicted octanol–water partition coefficient (Wildman–Crippen LogP) is 1.33. The maximum atomic E-state index is 12.8. The minimum Gasteiger partial charge on any atom is -0.478 e. The number of hydrogen-bond donors (Lipinski definition) is 3. The highest BCUT2D eigenvalue weighted by molar-refractivity contribution is 7.90. The Morgan fingerprint density at radius 2 is 1.90 bits per heavy atom. The number of anilines is 1. The van der Waals surface area contributed by atoms with E-state index in [1.54, 1.807) is 4.72 Å². The Labute approximate surface area is 110 Å². The number of hydrogen-bond acceptors (Lipinski definition) is 3. The van der Waals surface area contributed by atoms with Crippen molar-refractivity contribution in [3.05, 3.63) is 29.6 Å². The zero-order valence-corrected chi connectivity index (χ0v) is 10.3. The molecule has 0 aromatic heterocycles. The minimum atomic E-state index is -4.77. The van der Waals surface area contributed by atoms with Gasteiger partial charge in [0.05, 0.1) is 11.3 Å². The number of carboxylic acid groups (broad SMARTS) is 1. The van der Waals surface area contributed by atoms with Crippen molar-refractivity contribution in [2.24, 2.45) is 0 Å². The Bertz CT molecular complexity index is 615. The van der Waals surface area contributed by atoms with E-state index >= 15 is 0 Å². The maximum Gasteiger partial charge on any atom is 0.402 e. The smallest absolute Gasteiger partial charge is 0.402 e. The van der Waals surface area contributed by atoms with Crippen LogP contribution in [0.3, 0.4) is 0 Å². The molecule has 3 N–H and O–H groups in total. The molecule has 20 heavy (non-hydrogen) atoms. The first-order valence-corrected chi connectivity index (χ1v) is 6.35. The van der Waals surface area contributed by atoms with E-state index in [-0.39, 0.29) is 0 Å². The molecule has 6 nitrogen and oxygen atoms in total. The minimum absolute atomic E-state index is 0.532. The Morgan fingerprint density at radius 3 is 2.40 bits per heavy atom. The fraction of sp³-hybridized carbons (Fsp3) is 0.222. The molecule has 0 saturated heterocycles. The van der Waals surface area contributed by atoms with Gasteiger partial charge in [-0.2, -0.15) is 26.3 Å². The van der Waals surface area contributed by atoms with Gasteiger partial charge < -0.3 is 5.11 Å². The second-order valence-electron chi connectivity index (χ2n) is 3.54. The van der Waals surface area contributed by atoms with Crippen LogP contribution < -0.4 is 9.44 Å². The third-order valence-corrected chi connectivity index (χ3v) is 2.93. The third kappa shape index (κ3) is 5.01. The lowest BCUT2D eigenvalue weighted by Crippen LogP contribution is -2.37. The Balaban J connectivity index is 2.95. The van der Waals surface area contributed by atoms with Crippen molar-refractivity contribution in [3.8, 4) is 0 Å². The summed E-state index contributed by atoms with van der Waals surface area (Å²) >= 11 is 0. The van der Waals surface area contributed by atoms with Crippen LogP contribution in [0.2, 0.25) is 0 Å². The Hall–Kier alpha value is -1.88. The summed E-state index contributed by atoms with van der Waals surface area (Å²) in [5.74, 6) is -2.58. The predicted molar refractivity (Wildman–Crippen MR) is 60.0 cm³/mol. The molecule has 0 aliphatic rings. The zero-order chi connectivity index (χ0) is 15.6. The van der Waals surface area contributed by atoms with E-state index in [1.807, 2.05) is 0 Å². The van der Waals surface area contributed by atoms with Crippen LogP contribution in [-0.4, -0.2) is 32.2 Å². The fourth-order valence-corrected chi connectivity index (χ4v) is 2.03. The molecule has 11 heteroatoms. The van der Waals surface area contributed by atoms with E-state index in [0.29, 0.717) is 6.07 Å². The highest BCUT2D eigenvalue weighted by Gasteiger charge is 2.29. The molecule has 1 rings (SSSR count). The van der Waals surface area contributed by atoms with Gasteiger partial charge in [0.25, 0.3) is 10.2 Å². The topological polar surface area (TPSA) is 95.5 Å². The lowest BCUT2D eigenvalue weighted by molar-refractivity contribution is -0.121. The number of rotatable bonds is 5. The van der Waals surface area contributed by atoms with E-state index in [9.17, 15) is 30.8 Å². The van der Waals surface area contributed by atoms with Gasteiger partial charge in [0.1, 0.15) is 12.4 Å². The molecule has 1 aromatic carbocycles. The molecule has 0 saturated carbocycles. The quantitative estimate of drug-likeness (QED) is 0.714. The summed E-state index contributed by atoms with van der Waals surface area (Å²) in [4.78, 5) is 10.8. The molecule has 0 amide bonds. The van der Waals surface area contributed by atoms with Crippen LogP contribution >= 0.6 is 0 Å². The summed E-state index contributed by atoms with van der Waals surface area (Å²) in [6.45, 7) is -1.83. The van der Waals surface area contributed by atoms with Crippen LogP contribution in [0.15, 0.2) is 18.2 Å². The van der Waals surface area contributed by atoms with Crippen LogP contribution in [0.5, 0.6) is 0 Å². The molecule has 1 aromatic rings. The molecule has 112 valence electrons. The standard InChI is InChI=1S/C9H8F4N2O4S/c10-5-1-2-7(6(3-5)8(16)17)15-20(18,19)14-4-9(11,12)13/h1-3,14-15H,4H2,(H,16,17). The molecule has 0 bridgehead atoms. The van der Waals surface area contributed by atoms with Gasteiger partial charge in [0.15, 0.2) is 0 Å². The van der Waals surface area contributed by atoms with E-state index in [1.165, 1.54) is 4.72 Å². The van der Waals surface area contributed by atoms with Crippen molar-refractivity contribution in [2.75, 3.05) is 11.3 Å². The number of carboxylic acids is 1. The summed E-state index contributed by atoms with van der Waals surface area (Å²) in [7, 11) is -4.64. The largest absolute Gasteiger partial charge is 0.478 e. The summed E-state index contributed by atoms with van der Waals surface area (Å²) in [6.07, 6.45) is -4.77. The van der Waals surface area contributed by atoms with E-state index in [0.717, 1.165) is 12.1 Å². The number of carbonyl (C=O) groups is 1. The van der Waals surface area contributed by atoms with Gasteiger partial charge in [-0.05, 0) is 18.2 Å². The Morgan fingerprint density at radius 1 is 1.30 bits per heavy atom. The molecule has 0 unspecified atom stereocenters. The van der Waals surface area contributed by atoms with Crippen molar-refractivity contribution in [1.82, 2.24) is 4.72 Å². The van der Waals surface area contributed by atoms with E-state index in [4.69, 9.17) is 5.11 Å². The monoisotopic (exact) mass is 316 g/mol. The van der Waals surface area contributed by atoms with Crippen LogP contribution in [0, 0.1) is 5.82 Å². The maximum absolute atomic E-state index is 12.8. The van der Waals surface area contributed by atoms with Crippen LogP contribution in [0.4, 0.5) is 23.2 Å². The molecular formula is C9H8F4N2O4S. The second kappa shape index (κ2) is 5.63. The summed E-state index contributed by atoms with van der Waals surface area (Å²) in [5, 5.41) is 8.74. The number of alkyl halides is 3. The molecule has 0 atom stereocenters. The first kappa shape index (κ1) is 16.2. The van der Waals surface area contributed by atoms with Crippen molar-refractivity contribution in [3.63, 3.8) is 0 Å². The average molecular weight is 316 g/mol. The van der Waals surface area contributed by atoms with Crippen molar-refractivity contribution >= 4 is 21.9 Å². The van der Waals surface area contributed by atoms with Gasteiger partial charge in [0, 0.05) is 0 Å². The van der Waals surface area contributed by atoms with Crippen LogP contribution in [-0.2, 0) is 10.2 Å². The van der Waals surface area contributed by atoms with E-state index < -0.39 is 46.0 Å². The van der Waals surface area contributed by atoms with Crippen LogP contribution in [0.1, 0.15) is 10.4 Å². The lowest BCUT2D eigenvalue weighted by Gasteiger charge is -2.12. The van der Waals surface area contributed by atoms with Crippen molar-refractivity contribution in [2.45, 2.75) is 6.18 Å². The Kier molecular flexibility index (Phi) is 4.55. The number of aromatic carboxylic acids is 1. The summed E-state index contributed by atoms with van der Waals surface area (Å²) in [6, 6.07) is 2.07. The highest BCUT2D eigenvalue weighted by atomic mass is 32.2. The number of nitrogens with one attached hydrogen (secondary N) is 2. The molecule has 0 heterocycles. The van der Waals surface area contributed by atoms with Crippen molar-refractivity contribution in [1.29, 1.82) is 0 Å². The third-order valence-electron chi connectivity index (χ3n) is 1.92. The van der Waals surface area contributed by atoms with Crippen molar-refractivity contribution < 1.29 is 35.9 Å². The molecule has 0 fully saturated rings. The van der Waals surface area contributed by atoms with E-state index in [2.05, 4.69) is 0 Å². The van der Waals surface area contributed by atoms with Gasteiger partial charge in [-0.3, -0.25) is 4.72 Å². The molecule has 0 spiro atoms. The first-order chi connectivity index (χ1) is 9.00. The molecule has 0 radical (unpaired) electrons. The summed E-state index contributed by atoms with van der Waals surface area (Å²) in [5.41, 5.74) is -1.30. The number of halogens is 4. The van der Waals surface area contributed by atoms with Gasteiger partial charge in [-0.15, -0.1) is 0 Å². The summed E-state index contributed by atoms with van der Waals surface area (Å²) < 4.78 is 73.9. The first-order valence-electron chi connectivity index (χ1n) is 4.87. The van der Waals surface area contributed by atoms with Gasteiger partial charge in [-0.25, -0.2) is 9.18 Å². The SMILES string of the molecule is O=C(O)c1cc(F)ccc1NS(=O)(=O)NCC(F)(F)F. The van der Waals surface area contributed by atoms with Crippen LogP contribution in [0.25, 0.3) is 0 Å². The normalized spacial score (nSPS) is 12.2. The lowest BCUT2D eigenvalue weighted by atomic mass is 10.2. The molecule has 0 aliphatic carbocycles. The molecule has 0 aliphatic heterocycles. The number of benzene rings is 1. The van der Waals surface area contributed by atoms with Gasteiger partial charge in [-0.1, -0.05) is 0 Å². The molecular weight excluding hydrogens is 308 g/mol. The zero-order valence-electron chi connectivity index (χ0n) is 9.53. The second-order valence-corrected chi connectivity index (χ2v) is 5.04. The van der Waals surface area contributed by atoms with Gasteiger partial charge >= 0.3 is 12.1 Å². The van der Waals surface area contributed by atoms with Gasteiger partial charge in [0.2, 0.25) is 0 Å².